The molecule has 0 aliphatic rings. The highest BCUT2D eigenvalue weighted by molar-refractivity contribution is 7.07. The number of nitrogens with one attached hydrogen (secondary N) is 1. The number of aromatic amines is 1. The molecule has 160 valence electrons. The largest absolute Gasteiger partial charge is 0.461 e. The van der Waals surface area contributed by atoms with Gasteiger partial charge in [0.1, 0.15) is 5.75 Å². The molecule has 1 N–H and O–H groups in total. The number of thiazole rings is 1. The molecule has 0 bridgehead atoms. The van der Waals surface area contributed by atoms with Crippen LogP contribution < -0.4 is 19.5 Å². The summed E-state index contributed by atoms with van der Waals surface area (Å²) in [7, 11) is 0. The molecule has 0 saturated carbocycles. The first-order chi connectivity index (χ1) is 15.4. The molecule has 4 aromatic rings. The molecule has 0 amide bonds. The Kier molecular flexibility index (Phi) is 6.02. The topological polar surface area (TPSA) is 115 Å². The Morgan fingerprint density at radius 3 is 2.69 bits per heavy atom. The first kappa shape index (κ1) is 21.3. The molecule has 0 fully saturated rings. The second kappa shape index (κ2) is 9.04. The lowest BCUT2D eigenvalue weighted by atomic mass is 10.2. The fraction of sp³-hybridized carbons (Fsp3) is 0. The zero-order valence-electron chi connectivity index (χ0n) is 16.1. The number of benzene rings is 2. The standard InChI is InChI=1S/C22H13ClN2O6S/c23-14-4-1-2-5-17(14)31-18-8-7-13(10-15(18)25(28)29)11-20-22(27)24-21(32-20)12-16(26)19-6-3-9-30-19/h1-12H,(H,24,27)/b20-11-,21-12-. The van der Waals surface area contributed by atoms with Crippen LogP contribution >= 0.6 is 22.9 Å². The lowest BCUT2D eigenvalue weighted by molar-refractivity contribution is -0.385. The molecule has 0 radical (unpaired) electrons. The minimum Gasteiger partial charge on any atom is -0.461 e. The Labute approximate surface area is 188 Å². The zero-order chi connectivity index (χ0) is 22.7. The number of aromatic nitrogens is 1. The number of hydrogen-bond acceptors (Lipinski definition) is 7. The van der Waals surface area contributed by atoms with E-state index in [1.165, 1.54) is 36.6 Å². The fourth-order valence-corrected chi connectivity index (χ4v) is 3.84. The van der Waals surface area contributed by atoms with Crippen molar-refractivity contribution in [2.75, 3.05) is 0 Å². The maximum Gasteiger partial charge on any atom is 0.312 e. The number of nitro benzene ring substituents is 1. The van der Waals surface area contributed by atoms with Gasteiger partial charge < -0.3 is 14.1 Å². The van der Waals surface area contributed by atoms with E-state index in [0.717, 1.165) is 11.3 Å². The van der Waals surface area contributed by atoms with Crippen LogP contribution in [0, 0.1) is 10.1 Å². The van der Waals surface area contributed by atoms with Crippen molar-refractivity contribution in [3.8, 4) is 11.5 Å². The Hall–Kier alpha value is -3.95. The van der Waals surface area contributed by atoms with Crippen molar-refractivity contribution in [2.45, 2.75) is 0 Å². The molecule has 0 saturated heterocycles. The molecule has 0 aliphatic carbocycles. The summed E-state index contributed by atoms with van der Waals surface area (Å²) in [5.74, 6) is 0.0498. The predicted octanol–water partition coefficient (Wildman–Crippen LogP) is 3.88. The van der Waals surface area contributed by atoms with Gasteiger partial charge in [-0.1, -0.05) is 29.8 Å². The molecular weight excluding hydrogens is 456 g/mol. The van der Waals surface area contributed by atoms with E-state index in [0.29, 0.717) is 15.2 Å². The molecule has 8 nitrogen and oxygen atoms in total. The normalized spacial score (nSPS) is 12.2. The van der Waals surface area contributed by atoms with Crippen LogP contribution in [0.25, 0.3) is 12.2 Å². The first-order valence-corrected chi connectivity index (χ1v) is 10.3. The smallest absolute Gasteiger partial charge is 0.312 e. The number of carbonyl (C=O) groups is 1. The third kappa shape index (κ3) is 4.69. The van der Waals surface area contributed by atoms with Crippen LogP contribution in [0.5, 0.6) is 11.5 Å². The minimum atomic E-state index is -0.580. The summed E-state index contributed by atoms with van der Waals surface area (Å²) < 4.78 is 11.3. The van der Waals surface area contributed by atoms with E-state index in [4.69, 9.17) is 20.8 Å². The number of rotatable bonds is 6. The molecule has 4 rings (SSSR count). The highest BCUT2D eigenvalue weighted by Gasteiger charge is 2.17. The summed E-state index contributed by atoms with van der Waals surface area (Å²) in [5, 5.41) is 11.9. The Morgan fingerprint density at radius 1 is 1.16 bits per heavy atom. The van der Waals surface area contributed by atoms with E-state index in [1.54, 1.807) is 36.4 Å². The lowest BCUT2D eigenvalue weighted by Crippen LogP contribution is -2.20. The van der Waals surface area contributed by atoms with Crippen molar-refractivity contribution >= 4 is 46.6 Å². The van der Waals surface area contributed by atoms with Crippen LogP contribution in [0.4, 0.5) is 5.69 Å². The summed E-state index contributed by atoms with van der Waals surface area (Å²) in [6, 6.07) is 14.0. The Balaban J connectivity index is 1.69. The average molecular weight is 469 g/mol. The van der Waals surface area contributed by atoms with E-state index in [1.807, 2.05) is 0 Å². The highest BCUT2D eigenvalue weighted by atomic mass is 35.5. The van der Waals surface area contributed by atoms with Gasteiger partial charge >= 0.3 is 5.69 Å². The van der Waals surface area contributed by atoms with E-state index >= 15 is 0 Å². The quantitative estimate of drug-likeness (QED) is 0.261. The Morgan fingerprint density at radius 2 is 1.97 bits per heavy atom. The third-order valence-electron chi connectivity index (χ3n) is 4.24. The monoisotopic (exact) mass is 468 g/mol. The lowest BCUT2D eigenvalue weighted by Gasteiger charge is -2.08. The van der Waals surface area contributed by atoms with Crippen LogP contribution in [0.2, 0.25) is 5.02 Å². The molecule has 2 heterocycles. The summed E-state index contributed by atoms with van der Waals surface area (Å²) in [4.78, 5) is 38.0. The number of furan rings is 1. The number of H-pyrrole nitrogens is 1. The third-order valence-corrected chi connectivity index (χ3v) is 5.52. The average Bonchev–Trinajstić information content (AvgIpc) is 3.41. The summed E-state index contributed by atoms with van der Waals surface area (Å²) in [5.41, 5.74) is -0.293. The second-order valence-corrected chi connectivity index (χ2v) is 7.92. The number of carbonyl (C=O) groups excluding carboxylic acids is 1. The van der Waals surface area contributed by atoms with Gasteiger partial charge in [-0.2, -0.15) is 0 Å². The van der Waals surface area contributed by atoms with Gasteiger partial charge in [-0.05, 0) is 42.0 Å². The molecule has 10 heteroatoms. The van der Waals surface area contributed by atoms with Gasteiger partial charge in [-0.25, -0.2) is 0 Å². The molecule has 0 unspecified atom stereocenters. The number of nitrogens with zero attached hydrogens (tertiary/aromatic N) is 1. The zero-order valence-corrected chi connectivity index (χ0v) is 17.7. The number of ether oxygens (including phenoxy) is 1. The molecular formula is C22H13ClN2O6S. The number of halogens is 1. The van der Waals surface area contributed by atoms with Gasteiger partial charge in [0.2, 0.25) is 11.5 Å². The fourth-order valence-electron chi connectivity index (χ4n) is 2.78. The van der Waals surface area contributed by atoms with Crippen molar-refractivity contribution in [2.24, 2.45) is 0 Å². The SMILES string of the molecule is O=C(/C=c1/[nH]c(=O)/c(=C/c2ccc(Oc3ccccc3Cl)c([N+](=O)[O-])c2)s1)c1ccco1. The number of hydrogen-bond donors (Lipinski definition) is 1. The summed E-state index contributed by atoms with van der Waals surface area (Å²) >= 11 is 7.11. The predicted molar refractivity (Wildman–Crippen MR) is 120 cm³/mol. The molecule has 0 spiro atoms. The van der Waals surface area contributed by atoms with E-state index in [9.17, 15) is 19.7 Å². The molecule has 2 aromatic heterocycles. The van der Waals surface area contributed by atoms with Crippen molar-refractivity contribution in [3.05, 3.63) is 107 Å². The Bertz CT molecular complexity index is 1490. The summed E-state index contributed by atoms with van der Waals surface area (Å²) in [6.07, 6.45) is 4.12. The van der Waals surface area contributed by atoms with Crippen LogP contribution in [0.1, 0.15) is 16.1 Å². The van der Waals surface area contributed by atoms with Crippen LogP contribution in [0.3, 0.4) is 0 Å². The maximum atomic E-state index is 12.3. The first-order valence-electron chi connectivity index (χ1n) is 9.12. The molecule has 0 atom stereocenters. The number of ketones is 1. The van der Waals surface area contributed by atoms with Gasteiger partial charge in [-0.15, -0.1) is 11.3 Å². The van der Waals surface area contributed by atoms with Gasteiger partial charge in [0.15, 0.2) is 5.76 Å². The van der Waals surface area contributed by atoms with Gasteiger partial charge in [-0.3, -0.25) is 19.7 Å². The molecule has 32 heavy (non-hydrogen) atoms. The maximum absolute atomic E-state index is 12.3. The van der Waals surface area contributed by atoms with Gasteiger partial charge in [0.05, 0.1) is 25.4 Å². The number of nitro groups is 1. The van der Waals surface area contributed by atoms with Crippen LogP contribution in [0.15, 0.2) is 70.1 Å². The van der Waals surface area contributed by atoms with E-state index in [2.05, 4.69) is 4.98 Å². The van der Waals surface area contributed by atoms with Crippen molar-refractivity contribution in [3.63, 3.8) is 0 Å². The number of Topliss-reactive ketones (excluding diaryl/α,β-unsaturated/α-hetero) is 1. The van der Waals surface area contributed by atoms with Gasteiger partial charge in [0.25, 0.3) is 5.56 Å². The van der Waals surface area contributed by atoms with Crippen LogP contribution in [-0.4, -0.2) is 15.7 Å². The van der Waals surface area contributed by atoms with Crippen LogP contribution in [-0.2, 0) is 0 Å². The summed E-state index contributed by atoms with van der Waals surface area (Å²) in [6.45, 7) is 0. The van der Waals surface area contributed by atoms with Crippen molar-refractivity contribution in [1.82, 2.24) is 4.98 Å². The number of para-hydroxylation sites is 1. The second-order valence-electron chi connectivity index (χ2n) is 6.43. The van der Waals surface area contributed by atoms with Gasteiger partial charge in [0, 0.05) is 12.1 Å². The molecule has 2 aromatic carbocycles. The van der Waals surface area contributed by atoms with E-state index < -0.39 is 16.3 Å². The molecule has 0 aliphatic heterocycles. The van der Waals surface area contributed by atoms with Crippen molar-refractivity contribution in [1.29, 1.82) is 0 Å². The minimum absolute atomic E-state index is 0.0124. The van der Waals surface area contributed by atoms with E-state index in [-0.39, 0.29) is 27.5 Å². The highest BCUT2D eigenvalue weighted by Crippen LogP contribution is 2.35. The van der Waals surface area contributed by atoms with Crippen molar-refractivity contribution < 1.29 is 18.9 Å².